The molecule has 0 aliphatic rings. The van der Waals surface area contributed by atoms with E-state index in [0.29, 0.717) is 17.8 Å². The molecule has 2 aromatic heterocycles. The molecule has 2 rings (SSSR count). The van der Waals surface area contributed by atoms with Gasteiger partial charge in [0.2, 0.25) is 0 Å². The Labute approximate surface area is 109 Å². The molecule has 0 radical (unpaired) electrons. The van der Waals surface area contributed by atoms with Crippen molar-refractivity contribution >= 4 is 23.2 Å². The molecular formula is C12H11ClN4O. The second-order valence-corrected chi connectivity index (χ2v) is 4.03. The van der Waals surface area contributed by atoms with E-state index in [1.54, 1.807) is 18.5 Å². The average Bonchev–Trinajstić information content (AvgIpc) is 2.40. The van der Waals surface area contributed by atoms with Crippen molar-refractivity contribution in [2.75, 3.05) is 5.73 Å². The zero-order valence-electron chi connectivity index (χ0n) is 9.43. The highest BCUT2D eigenvalue weighted by atomic mass is 35.5. The molecular weight excluding hydrogens is 252 g/mol. The van der Waals surface area contributed by atoms with Gasteiger partial charge in [0.15, 0.2) is 0 Å². The van der Waals surface area contributed by atoms with E-state index in [1.165, 1.54) is 12.3 Å². The number of nitrogens with two attached hydrogens (primary N) is 1. The summed E-state index contributed by atoms with van der Waals surface area (Å²) in [6, 6.07) is 5.12. The van der Waals surface area contributed by atoms with Crippen LogP contribution in [0.25, 0.3) is 0 Å². The summed E-state index contributed by atoms with van der Waals surface area (Å²) in [6.45, 7) is 0.381. The summed E-state index contributed by atoms with van der Waals surface area (Å²) < 4.78 is 0. The predicted molar refractivity (Wildman–Crippen MR) is 69.1 cm³/mol. The Morgan fingerprint density at radius 3 is 3.00 bits per heavy atom. The summed E-state index contributed by atoms with van der Waals surface area (Å²) in [6.07, 6.45) is 4.72. The quantitative estimate of drug-likeness (QED) is 0.824. The van der Waals surface area contributed by atoms with E-state index in [4.69, 9.17) is 17.3 Å². The number of hydrogen-bond donors (Lipinski definition) is 2. The summed E-state index contributed by atoms with van der Waals surface area (Å²) in [7, 11) is 0. The van der Waals surface area contributed by atoms with Crippen molar-refractivity contribution in [1.29, 1.82) is 0 Å². The van der Waals surface area contributed by atoms with E-state index in [1.807, 2.05) is 6.07 Å². The second kappa shape index (κ2) is 5.46. The topological polar surface area (TPSA) is 80.9 Å². The Morgan fingerprint density at radius 2 is 2.28 bits per heavy atom. The molecule has 0 fully saturated rings. The number of rotatable bonds is 3. The molecule has 0 aliphatic carbocycles. The summed E-state index contributed by atoms with van der Waals surface area (Å²) in [5.74, 6) is -0.291. The van der Waals surface area contributed by atoms with Crippen molar-refractivity contribution in [3.05, 3.63) is 53.1 Å². The number of nitrogens with one attached hydrogen (secondary N) is 1. The molecule has 0 unspecified atom stereocenters. The molecule has 0 aliphatic heterocycles. The first kappa shape index (κ1) is 12.3. The van der Waals surface area contributed by atoms with Gasteiger partial charge in [-0.1, -0.05) is 17.7 Å². The van der Waals surface area contributed by atoms with Crippen LogP contribution in [-0.2, 0) is 6.54 Å². The van der Waals surface area contributed by atoms with E-state index in [2.05, 4.69) is 15.3 Å². The molecule has 0 spiro atoms. The molecule has 18 heavy (non-hydrogen) atoms. The smallest absolute Gasteiger partial charge is 0.253 e. The van der Waals surface area contributed by atoms with Crippen molar-refractivity contribution in [2.24, 2.45) is 0 Å². The van der Waals surface area contributed by atoms with Gasteiger partial charge in [-0.2, -0.15) is 0 Å². The first-order valence-electron chi connectivity index (χ1n) is 5.25. The Balaban J connectivity index is 2.06. The lowest BCUT2D eigenvalue weighted by molar-refractivity contribution is 0.0951. The number of anilines is 1. The van der Waals surface area contributed by atoms with E-state index in [9.17, 15) is 4.79 Å². The molecule has 0 bridgehead atoms. The standard InChI is InChI=1S/C12H11ClN4O/c13-11-4-9(10(14)7-16-11)12(18)17-6-8-2-1-3-15-5-8/h1-5,7H,6,14H2,(H,17,18). The normalized spacial score (nSPS) is 10.1. The fraction of sp³-hybridized carbons (Fsp3) is 0.0833. The number of hydrogen-bond acceptors (Lipinski definition) is 4. The summed E-state index contributed by atoms with van der Waals surface area (Å²) in [4.78, 5) is 19.6. The Hall–Kier alpha value is -2.14. The minimum absolute atomic E-state index is 0.232. The number of nitrogen functional groups attached to an aromatic ring is 1. The maximum absolute atomic E-state index is 11.9. The number of carbonyl (C=O) groups is 1. The zero-order chi connectivity index (χ0) is 13.0. The molecule has 92 valence electrons. The van der Waals surface area contributed by atoms with Crippen LogP contribution in [0.3, 0.4) is 0 Å². The van der Waals surface area contributed by atoms with E-state index < -0.39 is 0 Å². The monoisotopic (exact) mass is 262 g/mol. The first-order chi connectivity index (χ1) is 8.66. The van der Waals surface area contributed by atoms with Gasteiger partial charge in [-0.25, -0.2) is 4.98 Å². The van der Waals surface area contributed by atoms with E-state index in [-0.39, 0.29) is 11.1 Å². The summed E-state index contributed by atoms with van der Waals surface area (Å²) in [5, 5.41) is 2.97. The lowest BCUT2D eigenvalue weighted by Crippen LogP contribution is -2.24. The third-order valence-corrected chi connectivity index (χ3v) is 2.53. The van der Waals surface area contributed by atoms with Crippen molar-refractivity contribution in [2.45, 2.75) is 6.54 Å². The van der Waals surface area contributed by atoms with E-state index in [0.717, 1.165) is 5.56 Å². The highest BCUT2D eigenvalue weighted by Gasteiger charge is 2.10. The van der Waals surface area contributed by atoms with Gasteiger partial charge < -0.3 is 11.1 Å². The molecule has 3 N–H and O–H groups in total. The average molecular weight is 263 g/mol. The van der Waals surface area contributed by atoms with Crippen LogP contribution in [0.5, 0.6) is 0 Å². The fourth-order valence-electron chi connectivity index (χ4n) is 1.42. The Bertz CT molecular complexity index is 559. The molecule has 0 saturated carbocycles. The summed E-state index contributed by atoms with van der Waals surface area (Å²) in [5.41, 5.74) is 7.18. The minimum Gasteiger partial charge on any atom is -0.397 e. The van der Waals surface area contributed by atoms with Crippen LogP contribution in [0.1, 0.15) is 15.9 Å². The van der Waals surface area contributed by atoms with Gasteiger partial charge in [-0.15, -0.1) is 0 Å². The van der Waals surface area contributed by atoms with Crippen LogP contribution in [0.15, 0.2) is 36.8 Å². The fourth-order valence-corrected chi connectivity index (χ4v) is 1.58. The number of aromatic nitrogens is 2. The molecule has 0 saturated heterocycles. The second-order valence-electron chi connectivity index (χ2n) is 3.64. The van der Waals surface area contributed by atoms with Gasteiger partial charge in [-0.05, 0) is 17.7 Å². The lowest BCUT2D eigenvalue weighted by Gasteiger charge is -2.07. The van der Waals surface area contributed by atoms with Gasteiger partial charge in [0.1, 0.15) is 5.15 Å². The van der Waals surface area contributed by atoms with Gasteiger partial charge in [-0.3, -0.25) is 9.78 Å². The van der Waals surface area contributed by atoms with Crippen LogP contribution >= 0.6 is 11.6 Å². The third kappa shape index (κ3) is 2.95. The molecule has 0 aromatic carbocycles. The van der Waals surface area contributed by atoms with Gasteiger partial charge in [0.25, 0.3) is 5.91 Å². The Morgan fingerprint density at radius 1 is 1.44 bits per heavy atom. The van der Waals surface area contributed by atoms with Crippen molar-refractivity contribution in [3.8, 4) is 0 Å². The highest BCUT2D eigenvalue weighted by Crippen LogP contribution is 2.14. The van der Waals surface area contributed by atoms with Crippen LogP contribution in [0, 0.1) is 0 Å². The molecule has 1 amide bonds. The third-order valence-electron chi connectivity index (χ3n) is 2.32. The van der Waals surface area contributed by atoms with Crippen LogP contribution < -0.4 is 11.1 Å². The van der Waals surface area contributed by atoms with Crippen molar-refractivity contribution < 1.29 is 4.79 Å². The minimum atomic E-state index is -0.291. The maximum Gasteiger partial charge on any atom is 0.253 e. The van der Waals surface area contributed by atoms with Crippen molar-refractivity contribution in [3.63, 3.8) is 0 Å². The van der Waals surface area contributed by atoms with Gasteiger partial charge in [0, 0.05) is 18.9 Å². The van der Waals surface area contributed by atoms with Gasteiger partial charge >= 0.3 is 0 Å². The van der Waals surface area contributed by atoms with Crippen LogP contribution in [-0.4, -0.2) is 15.9 Å². The predicted octanol–water partition coefficient (Wildman–Crippen LogP) is 1.64. The Kier molecular flexibility index (Phi) is 3.74. The molecule has 6 heteroatoms. The highest BCUT2D eigenvalue weighted by molar-refractivity contribution is 6.29. The summed E-state index contributed by atoms with van der Waals surface area (Å²) >= 11 is 5.72. The van der Waals surface area contributed by atoms with Crippen LogP contribution in [0.4, 0.5) is 5.69 Å². The largest absolute Gasteiger partial charge is 0.397 e. The van der Waals surface area contributed by atoms with Crippen molar-refractivity contribution in [1.82, 2.24) is 15.3 Å². The lowest BCUT2D eigenvalue weighted by atomic mass is 10.2. The number of halogens is 1. The molecule has 5 nitrogen and oxygen atoms in total. The number of amides is 1. The zero-order valence-corrected chi connectivity index (χ0v) is 10.2. The molecule has 2 heterocycles. The van der Waals surface area contributed by atoms with Crippen LogP contribution in [0.2, 0.25) is 5.15 Å². The number of pyridine rings is 2. The molecule has 0 atom stereocenters. The maximum atomic E-state index is 11.9. The SMILES string of the molecule is Nc1cnc(Cl)cc1C(=O)NCc1cccnc1. The number of nitrogens with zero attached hydrogens (tertiary/aromatic N) is 2. The van der Waals surface area contributed by atoms with E-state index >= 15 is 0 Å². The number of carbonyl (C=O) groups excluding carboxylic acids is 1. The molecule has 2 aromatic rings. The van der Waals surface area contributed by atoms with Gasteiger partial charge in [0.05, 0.1) is 17.4 Å². The first-order valence-corrected chi connectivity index (χ1v) is 5.63.